The zero-order chi connectivity index (χ0) is 14.5. The first kappa shape index (κ1) is 14.3. The van der Waals surface area contributed by atoms with Crippen LogP contribution in [0, 0.1) is 0 Å². The highest BCUT2D eigenvalue weighted by atomic mass is 16.5. The summed E-state index contributed by atoms with van der Waals surface area (Å²) >= 11 is 0. The molecule has 0 spiro atoms. The van der Waals surface area contributed by atoms with Gasteiger partial charge in [-0.15, -0.1) is 0 Å². The second kappa shape index (κ2) is 6.39. The summed E-state index contributed by atoms with van der Waals surface area (Å²) in [6.07, 6.45) is 1.84. The van der Waals surface area contributed by atoms with Gasteiger partial charge in [0.15, 0.2) is 0 Å². The van der Waals surface area contributed by atoms with E-state index in [1.165, 1.54) is 5.56 Å². The number of nitrogens with two attached hydrogens (primary N) is 1. The summed E-state index contributed by atoms with van der Waals surface area (Å²) in [6, 6.07) is 12.1. The average molecular weight is 271 g/mol. The highest BCUT2D eigenvalue weighted by molar-refractivity contribution is 5.40. The van der Waals surface area contributed by atoms with Gasteiger partial charge in [0, 0.05) is 25.8 Å². The first-order valence-corrected chi connectivity index (χ1v) is 6.65. The van der Waals surface area contributed by atoms with Crippen LogP contribution in [0.5, 0.6) is 5.75 Å². The zero-order valence-electron chi connectivity index (χ0n) is 12.2. The molecule has 0 amide bonds. The summed E-state index contributed by atoms with van der Waals surface area (Å²) < 4.78 is 5.16. The van der Waals surface area contributed by atoms with Crippen LogP contribution in [-0.4, -0.2) is 19.1 Å². The third kappa shape index (κ3) is 3.48. The molecule has 2 rings (SSSR count). The van der Waals surface area contributed by atoms with E-state index in [1.54, 1.807) is 7.11 Å². The fraction of sp³-hybridized carbons (Fsp3) is 0.312. The first-order valence-electron chi connectivity index (χ1n) is 6.65. The van der Waals surface area contributed by atoms with Crippen LogP contribution in [0.1, 0.15) is 24.1 Å². The average Bonchev–Trinajstić information content (AvgIpc) is 2.48. The fourth-order valence-electron chi connectivity index (χ4n) is 1.98. The lowest BCUT2D eigenvalue weighted by Crippen LogP contribution is -2.18. The smallest absolute Gasteiger partial charge is 0.128 e. The van der Waals surface area contributed by atoms with Gasteiger partial charge in [0.05, 0.1) is 7.11 Å². The van der Waals surface area contributed by atoms with Gasteiger partial charge in [-0.3, -0.25) is 0 Å². The molecule has 1 aromatic heterocycles. The Morgan fingerprint density at radius 2 is 1.90 bits per heavy atom. The summed E-state index contributed by atoms with van der Waals surface area (Å²) in [5.74, 6) is 1.81. The molecular formula is C16H21N3O. The SMILES string of the molecule is COc1ccc(CN(C)c2ccc([C@H](C)N)cn2)cc1. The van der Waals surface area contributed by atoms with Crippen LogP contribution in [0.25, 0.3) is 0 Å². The predicted molar refractivity (Wildman–Crippen MR) is 81.9 cm³/mol. The molecule has 1 atom stereocenters. The van der Waals surface area contributed by atoms with Crippen LogP contribution in [0.2, 0.25) is 0 Å². The minimum atomic E-state index is 0.0171. The molecule has 0 aliphatic carbocycles. The second-order valence-corrected chi connectivity index (χ2v) is 4.94. The Morgan fingerprint density at radius 3 is 2.40 bits per heavy atom. The molecule has 106 valence electrons. The van der Waals surface area contributed by atoms with Crippen molar-refractivity contribution in [3.8, 4) is 5.75 Å². The fourth-order valence-corrected chi connectivity index (χ4v) is 1.98. The van der Waals surface area contributed by atoms with Gasteiger partial charge >= 0.3 is 0 Å². The zero-order valence-corrected chi connectivity index (χ0v) is 12.2. The maximum absolute atomic E-state index is 5.83. The Hall–Kier alpha value is -2.07. The molecule has 1 heterocycles. The highest BCUT2D eigenvalue weighted by Gasteiger charge is 2.05. The Balaban J connectivity index is 2.04. The molecule has 0 saturated carbocycles. The van der Waals surface area contributed by atoms with Crippen molar-refractivity contribution in [1.82, 2.24) is 4.98 Å². The van der Waals surface area contributed by atoms with Gasteiger partial charge in [-0.2, -0.15) is 0 Å². The number of anilines is 1. The van der Waals surface area contributed by atoms with Crippen LogP contribution in [0.4, 0.5) is 5.82 Å². The molecule has 1 aromatic carbocycles. The molecule has 0 aliphatic heterocycles. The molecule has 0 saturated heterocycles. The number of aromatic nitrogens is 1. The summed E-state index contributed by atoms with van der Waals surface area (Å²) in [5, 5.41) is 0. The molecule has 0 fully saturated rings. The van der Waals surface area contributed by atoms with Crippen molar-refractivity contribution >= 4 is 5.82 Å². The number of pyridine rings is 1. The Morgan fingerprint density at radius 1 is 1.20 bits per heavy atom. The van der Waals surface area contributed by atoms with E-state index in [2.05, 4.69) is 22.0 Å². The molecule has 2 aromatic rings. The lowest BCUT2D eigenvalue weighted by Gasteiger charge is -2.19. The number of ether oxygens (including phenoxy) is 1. The molecule has 2 N–H and O–H groups in total. The minimum Gasteiger partial charge on any atom is -0.497 e. The van der Waals surface area contributed by atoms with Crippen LogP contribution in [0.15, 0.2) is 42.6 Å². The van der Waals surface area contributed by atoms with Crippen LogP contribution in [0.3, 0.4) is 0 Å². The van der Waals surface area contributed by atoms with Crippen molar-refractivity contribution < 1.29 is 4.74 Å². The highest BCUT2D eigenvalue weighted by Crippen LogP contribution is 2.17. The van der Waals surface area contributed by atoms with Crippen molar-refractivity contribution in [3.05, 3.63) is 53.7 Å². The number of methoxy groups -OCH3 is 1. The van der Waals surface area contributed by atoms with E-state index < -0.39 is 0 Å². The number of hydrogen-bond donors (Lipinski definition) is 1. The van der Waals surface area contributed by atoms with Gasteiger partial charge in [0.1, 0.15) is 11.6 Å². The normalized spacial score (nSPS) is 12.0. The maximum atomic E-state index is 5.83. The van der Waals surface area contributed by atoms with Crippen LogP contribution in [-0.2, 0) is 6.54 Å². The van der Waals surface area contributed by atoms with Crippen molar-refractivity contribution in [2.45, 2.75) is 19.5 Å². The minimum absolute atomic E-state index is 0.0171. The third-order valence-electron chi connectivity index (χ3n) is 3.27. The van der Waals surface area contributed by atoms with Gasteiger partial charge in [0.25, 0.3) is 0 Å². The summed E-state index contributed by atoms with van der Waals surface area (Å²) in [7, 11) is 3.70. The lowest BCUT2D eigenvalue weighted by molar-refractivity contribution is 0.414. The molecule has 0 aliphatic rings. The van der Waals surface area contributed by atoms with Crippen LogP contribution >= 0.6 is 0 Å². The largest absolute Gasteiger partial charge is 0.497 e. The van der Waals surface area contributed by atoms with Gasteiger partial charge in [-0.05, 0) is 36.2 Å². The van der Waals surface area contributed by atoms with E-state index in [0.717, 1.165) is 23.7 Å². The quantitative estimate of drug-likeness (QED) is 0.908. The van der Waals surface area contributed by atoms with Gasteiger partial charge in [-0.1, -0.05) is 18.2 Å². The molecule has 0 bridgehead atoms. The molecule has 20 heavy (non-hydrogen) atoms. The predicted octanol–water partition coefficient (Wildman–Crippen LogP) is 2.75. The summed E-state index contributed by atoms with van der Waals surface area (Å²) in [6.45, 7) is 2.76. The van der Waals surface area contributed by atoms with E-state index in [0.29, 0.717) is 0 Å². The third-order valence-corrected chi connectivity index (χ3v) is 3.27. The van der Waals surface area contributed by atoms with E-state index in [4.69, 9.17) is 10.5 Å². The van der Waals surface area contributed by atoms with Crippen molar-refractivity contribution in [2.75, 3.05) is 19.1 Å². The van der Waals surface area contributed by atoms with E-state index in [-0.39, 0.29) is 6.04 Å². The van der Waals surface area contributed by atoms with Crippen LogP contribution < -0.4 is 15.4 Å². The van der Waals surface area contributed by atoms with Crippen molar-refractivity contribution in [3.63, 3.8) is 0 Å². The standard InChI is InChI=1S/C16H21N3O/c1-12(17)14-6-9-16(18-10-14)19(2)11-13-4-7-15(20-3)8-5-13/h4-10,12H,11,17H2,1-3H3/t12-/m0/s1. The molecule has 4 heteroatoms. The number of benzene rings is 1. The molecule has 0 radical (unpaired) electrons. The van der Waals surface area contributed by atoms with E-state index in [9.17, 15) is 0 Å². The number of rotatable bonds is 5. The van der Waals surface area contributed by atoms with Crippen molar-refractivity contribution in [1.29, 1.82) is 0 Å². The summed E-state index contributed by atoms with van der Waals surface area (Å²) in [5.41, 5.74) is 8.09. The molecule has 0 unspecified atom stereocenters. The van der Waals surface area contributed by atoms with Crippen molar-refractivity contribution in [2.24, 2.45) is 5.73 Å². The Labute approximate surface area is 120 Å². The number of nitrogens with zero attached hydrogens (tertiary/aromatic N) is 2. The summed E-state index contributed by atoms with van der Waals surface area (Å²) in [4.78, 5) is 6.55. The number of hydrogen-bond acceptors (Lipinski definition) is 4. The second-order valence-electron chi connectivity index (χ2n) is 4.94. The van der Waals surface area contributed by atoms with E-state index in [1.807, 2.05) is 44.4 Å². The monoisotopic (exact) mass is 271 g/mol. The first-order chi connectivity index (χ1) is 9.60. The lowest BCUT2D eigenvalue weighted by atomic mass is 10.1. The molecular weight excluding hydrogens is 250 g/mol. The van der Waals surface area contributed by atoms with Gasteiger partial charge < -0.3 is 15.4 Å². The van der Waals surface area contributed by atoms with E-state index >= 15 is 0 Å². The Kier molecular flexibility index (Phi) is 4.58. The topological polar surface area (TPSA) is 51.4 Å². The Bertz CT molecular complexity index is 535. The maximum Gasteiger partial charge on any atom is 0.128 e. The molecule has 4 nitrogen and oxygen atoms in total. The van der Waals surface area contributed by atoms with Gasteiger partial charge in [0.2, 0.25) is 0 Å². The van der Waals surface area contributed by atoms with Gasteiger partial charge in [-0.25, -0.2) is 4.98 Å².